The number of hydrogen-bond acceptors (Lipinski definition) is 5. The van der Waals surface area contributed by atoms with E-state index in [-0.39, 0.29) is 19.1 Å². The molecule has 1 amide bonds. The Hall–Kier alpha value is -3.58. The summed E-state index contributed by atoms with van der Waals surface area (Å²) in [5, 5.41) is 2.67. The quantitative estimate of drug-likeness (QED) is 0.409. The Bertz CT molecular complexity index is 1140. The molecule has 3 aromatic rings. The molecule has 0 fully saturated rings. The third kappa shape index (κ3) is 5.13. The van der Waals surface area contributed by atoms with Gasteiger partial charge in [0.05, 0.1) is 5.56 Å². The molecule has 0 unspecified atom stereocenters. The number of carbonyl (C=O) groups is 2. The third-order valence-electron chi connectivity index (χ3n) is 4.51. The normalized spacial score (nSPS) is 12.4. The van der Waals surface area contributed by atoms with Crippen molar-refractivity contribution in [1.29, 1.82) is 0 Å². The van der Waals surface area contributed by atoms with Crippen LogP contribution in [-0.4, -0.2) is 18.7 Å². The van der Waals surface area contributed by atoms with Crippen LogP contribution in [0, 0.1) is 0 Å². The smallest absolute Gasteiger partial charge is 0.355 e. The van der Waals surface area contributed by atoms with E-state index in [1.165, 1.54) is 0 Å². The van der Waals surface area contributed by atoms with Crippen molar-refractivity contribution < 1.29 is 23.8 Å². The Morgan fingerprint density at radius 1 is 0.968 bits per heavy atom. The molecule has 0 aliphatic carbocycles. The first-order valence-electron chi connectivity index (χ1n) is 9.48. The molecule has 6 nitrogen and oxygen atoms in total. The number of carbonyl (C=O) groups excluding carboxylic acids is 2. The largest absolute Gasteiger partial charge is 0.456 e. The molecule has 0 spiro atoms. The highest BCUT2D eigenvalue weighted by Gasteiger charge is 2.19. The lowest BCUT2D eigenvalue weighted by Gasteiger charge is -2.12. The third-order valence-corrected chi connectivity index (χ3v) is 5.20. The van der Waals surface area contributed by atoms with Gasteiger partial charge >= 0.3 is 5.97 Å². The first-order chi connectivity index (χ1) is 15.1. The van der Waals surface area contributed by atoms with E-state index < -0.39 is 11.9 Å². The van der Waals surface area contributed by atoms with Crippen molar-refractivity contribution >= 4 is 33.9 Å². The highest BCUT2D eigenvalue weighted by molar-refractivity contribution is 9.10. The summed E-state index contributed by atoms with van der Waals surface area (Å²) in [5.74, 6) is 0.114. The molecule has 0 saturated carbocycles. The summed E-state index contributed by atoms with van der Waals surface area (Å²) in [6, 6.07) is 21.5. The van der Waals surface area contributed by atoms with Gasteiger partial charge in [-0.2, -0.15) is 0 Å². The SMILES string of the molecule is O=C(OCc1ccccc1)/C(=C/c1ccc2c(c1)OCO2)NC(=O)c1ccccc1Br. The molecular formula is C24H18BrNO5. The van der Waals surface area contributed by atoms with E-state index in [0.717, 1.165) is 5.56 Å². The molecule has 7 heteroatoms. The van der Waals surface area contributed by atoms with Gasteiger partial charge in [0.2, 0.25) is 6.79 Å². The Labute approximate surface area is 187 Å². The Balaban J connectivity index is 1.59. The number of halogens is 1. The predicted molar refractivity (Wildman–Crippen MR) is 118 cm³/mol. The number of ether oxygens (including phenoxy) is 3. The lowest BCUT2D eigenvalue weighted by Crippen LogP contribution is -2.28. The van der Waals surface area contributed by atoms with E-state index in [4.69, 9.17) is 14.2 Å². The minimum Gasteiger partial charge on any atom is -0.456 e. The van der Waals surface area contributed by atoms with E-state index in [1.54, 1.807) is 48.5 Å². The second-order valence-corrected chi connectivity index (χ2v) is 7.52. The highest BCUT2D eigenvalue weighted by atomic mass is 79.9. The van der Waals surface area contributed by atoms with Gasteiger partial charge in [-0.15, -0.1) is 0 Å². The van der Waals surface area contributed by atoms with Crippen LogP contribution in [0.4, 0.5) is 0 Å². The zero-order valence-electron chi connectivity index (χ0n) is 16.3. The summed E-state index contributed by atoms with van der Waals surface area (Å²) in [4.78, 5) is 25.6. The number of amides is 1. The molecule has 156 valence electrons. The van der Waals surface area contributed by atoms with Crippen molar-refractivity contribution in [3.63, 3.8) is 0 Å². The van der Waals surface area contributed by atoms with Crippen LogP contribution in [0.2, 0.25) is 0 Å². The van der Waals surface area contributed by atoms with Gasteiger partial charge in [-0.1, -0.05) is 48.5 Å². The summed E-state index contributed by atoms with van der Waals surface area (Å²) in [6.07, 6.45) is 1.55. The molecule has 3 aromatic carbocycles. The van der Waals surface area contributed by atoms with Gasteiger partial charge in [-0.25, -0.2) is 4.79 Å². The standard InChI is InChI=1S/C24H18BrNO5/c25-19-9-5-4-8-18(19)23(27)26-20(24(28)29-14-16-6-2-1-3-7-16)12-17-10-11-21-22(13-17)31-15-30-21/h1-13H,14-15H2,(H,26,27)/b20-12-. The molecule has 4 rings (SSSR count). The average molecular weight is 480 g/mol. The molecule has 1 N–H and O–H groups in total. The van der Waals surface area contributed by atoms with Crippen LogP contribution in [-0.2, 0) is 16.1 Å². The van der Waals surface area contributed by atoms with E-state index in [2.05, 4.69) is 21.2 Å². The number of benzene rings is 3. The van der Waals surface area contributed by atoms with Crippen molar-refractivity contribution in [2.24, 2.45) is 0 Å². The van der Waals surface area contributed by atoms with Gasteiger partial charge in [-0.05, 0) is 57.4 Å². The van der Waals surface area contributed by atoms with Crippen molar-refractivity contribution in [2.75, 3.05) is 6.79 Å². The summed E-state index contributed by atoms with van der Waals surface area (Å²) < 4.78 is 16.8. The first-order valence-corrected chi connectivity index (χ1v) is 10.3. The number of fused-ring (bicyclic) bond motifs is 1. The van der Waals surface area contributed by atoms with Gasteiger partial charge in [-0.3, -0.25) is 4.79 Å². The van der Waals surface area contributed by atoms with Crippen molar-refractivity contribution in [3.05, 3.63) is 99.7 Å². The topological polar surface area (TPSA) is 73.9 Å². The fourth-order valence-corrected chi connectivity index (χ4v) is 3.42. The summed E-state index contributed by atoms with van der Waals surface area (Å²) in [6.45, 7) is 0.232. The number of nitrogens with one attached hydrogen (secondary N) is 1. The van der Waals surface area contributed by atoms with E-state index in [9.17, 15) is 9.59 Å². The van der Waals surface area contributed by atoms with Crippen molar-refractivity contribution in [3.8, 4) is 11.5 Å². The van der Waals surface area contributed by atoms with Gasteiger partial charge in [0.1, 0.15) is 12.3 Å². The summed E-state index contributed by atoms with van der Waals surface area (Å²) >= 11 is 3.36. The van der Waals surface area contributed by atoms with E-state index in [1.807, 2.05) is 30.3 Å². The lowest BCUT2D eigenvalue weighted by molar-refractivity contribution is -0.140. The molecule has 1 aliphatic rings. The maximum atomic E-state index is 12.8. The second-order valence-electron chi connectivity index (χ2n) is 6.67. The van der Waals surface area contributed by atoms with Gasteiger partial charge < -0.3 is 19.5 Å². The fraction of sp³-hybridized carbons (Fsp3) is 0.0833. The van der Waals surface area contributed by atoms with Gasteiger partial charge in [0.25, 0.3) is 5.91 Å². The molecule has 0 radical (unpaired) electrons. The molecule has 0 bridgehead atoms. The summed E-state index contributed by atoms with van der Waals surface area (Å²) in [7, 11) is 0. The minimum absolute atomic E-state index is 0.00977. The molecule has 31 heavy (non-hydrogen) atoms. The maximum absolute atomic E-state index is 12.8. The number of rotatable bonds is 6. The maximum Gasteiger partial charge on any atom is 0.355 e. The molecule has 0 atom stereocenters. The molecule has 1 heterocycles. The Morgan fingerprint density at radius 2 is 1.71 bits per heavy atom. The molecule has 0 saturated heterocycles. The first kappa shape index (κ1) is 20.7. The molecule has 0 aromatic heterocycles. The van der Waals surface area contributed by atoms with Crippen molar-refractivity contribution in [2.45, 2.75) is 6.61 Å². The number of hydrogen-bond donors (Lipinski definition) is 1. The van der Waals surface area contributed by atoms with Crippen LogP contribution in [0.15, 0.2) is 83.0 Å². The second kappa shape index (κ2) is 9.49. The Morgan fingerprint density at radius 3 is 2.52 bits per heavy atom. The van der Waals surface area contributed by atoms with E-state index >= 15 is 0 Å². The summed E-state index contributed by atoms with van der Waals surface area (Å²) in [5.41, 5.74) is 1.91. The average Bonchev–Trinajstić information content (AvgIpc) is 3.26. The van der Waals surface area contributed by atoms with Crippen LogP contribution < -0.4 is 14.8 Å². The molecule has 1 aliphatic heterocycles. The number of esters is 1. The minimum atomic E-state index is -0.651. The van der Waals surface area contributed by atoms with Crippen LogP contribution in [0.1, 0.15) is 21.5 Å². The van der Waals surface area contributed by atoms with Crippen LogP contribution in [0.25, 0.3) is 6.08 Å². The van der Waals surface area contributed by atoms with Gasteiger partial charge in [0, 0.05) is 4.47 Å². The Kier molecular flexibility index (Phi) is 6.33. The van der Waals surface area contributed by atoms with Crippen molar-refractivity contribution in [1.82, 2.24) is 5.32 Å². The van der Waals surface area contributed by atoms with Gasteiger partial charge in [0.15, 0.2) is 11.5 Å². The van der Waals surface area contributed by atoms with Crippen LogP contribution in [0.5, 0.6) is 11.5 Å². The molecular weight excluding hydrogens is 462 g/mol. The predicted octanol–water partition coefficient (Wildman–Crippen LogP) is 4.69. The zero-order valence-corrected chi connectivity index (χ0v) is 17.9. The van der Waals surface area contributed by atoms with Crippen LogP contribution >= 0.6 is 15.9 Å². The monoisotopic (exact) mass is 479 g/mol. The van der Waals surface area contributed by atoms with Crippen LogP contribution in [0.3, 0.4) is 0 Å². The zero-order chi connectivity index (χ0) is 21.6. The van der Waals surface area contributed by atoms with E-state index in [0.29, 0.717) is 27.1 Å². The lowest BCUT2D eigenvalue weighted by atomic mass is 10.1. The fourth-order valence-electron chi connectivity index (χ4n) is 2.95. The highest BCUT2D eigenvalue weighted by Crippen LogP contribution is 2.33.